The zero-order valence-corrected chi connectivity index (χ0v) is 17.9. The van der Waals surface area contributed by atoms with Crippen molar-refractivity contribution in [2.75, 3.05) is 6.54 Å². The van der Waals surface area contributed by atoms with E-state index < -0.39 is 32.2 Å². The molecule has 1 fully saturated rings. The number of likely N-dealkylation sites (tertiary alicyclic amines) is 1. The van der Waals surface area contributed by atoms with Crippen molar-refractivity contribution in [1.82, 2.24) is 4.90 Å². The fraction of sp³-hybridized carbons (Fsp3) is 0.889. The Balaban J connectivity index is 2.94. The molecule has 0 aromatic rings. The highest BCUT2D eigenvalue weighted by Crippen LogP contribution is 2.39. The van der Waals surface area contributed by atoms with Crippen LogP contribution in [0.5, 0.6) is 0 Å². The minimum absolute atomic E-state index is 0.0171. The second kappa shape index (κ2) is 7.64. The Bertz CT molecular complexity index is 517. The van der Waals surface area contributed by atoms with Crippen molar-refractivity contribution in [2.45, 2.75) is 96.4 Å². The van der Waals surface area contributed by atoms with Crippen LogP contribution in [-0.2, 0) is 9.16 Å². The summed E-state index contributed by atoms with van der Waals surface area (Å²) in [6, 6.07) is 1.52. The van der Waals surface area contributed by atoms with Gasteiger partial charge in [0.05, 0.1) is 30.7 Å². The van der Waals surface area contributed by atoms with Crippen LogP contribution in [0.15, 0.2) is 0 Å². The molecular formula is C18H34N2O4Si. The molecule has 0 saturated carbocycles. The molecule has 0 spiro atoms. The standard InChI is InChI=1S/C18H34N2O4Si/c1-17(2,3)23-16(22)20-12-13(11-14(20)15(21)9-10-19)24-25(7,8)18(4,5)6/h13-15,21H,9,11-12H2,1-8H3/t13-,14+,15-/m1/s1. The van der Waals surface area contributed by atoms with E-state index in [9.17, 15) is 9.90 Å². The molecule has 1 saturated heterocycles. The first-order valence-corrected chi connectivity index (χ1v) is 11.8. The summed E-state index contributed by atoms with van der Waals surface area (Å²) in [4.78, 5) is 14.1. The lowest BCUT2D eigenvalue weighted by Gasteiger charge is -2.38. The number of aliphatic hydroxyl groups is 1. The molecular weight excluding hydrogens is 336 g/mol. The van der Waals surface area contributed by atoms with Crippen LogP contribution >= 0.6 is 0 Å². The van der Waals surface area contributed by atoms with Crippen molar-refractivity contribution in [3.8, 4) is 6.07 Å². The van der Waals surface area contributed by atoms with Gasteiger partial charge in [0.25, 0.3) is 0 Å². The molecule has 1 amide bonds. The lowest BCUT2D eigenvalue weighted by atomic mass is 10.1. The smallest absolute Gasteiger partial charge is 0.410 e. The first kappa shape index (κ1) is 21.9. The van der Waals surface area contributed by atoms with Gasteiger partial charge in [-0.25, -0.2) is 4.79 Å². The first-order chi connectivity index (χ1) is 11.2. The molecule has 3 atom stereocenters. The van der Waals surface area contributed by atoms with Crippen molar-refractivity contribution in [2.24, 2.45) is 0 Å². The van der Waals surface area contributed by atoms with E-state index in [-0.39, 0.29) is 17.6 Å². The van der Waals surface area contributed by atoms with E-state index in [4.69, 9.17) is 14.4 Å². The molecule has 0 radical (unpaired) electrons. The van der Waals surface area contributed by atoms with E-state index >= 15 is 0 Å². The predicted octanol–water partition coefficient (Wildman–Crippen LogP) is 3.66. The highest BCUT2D eigenvalue weighted by Gasteiger charge is 2.46. The van der Waals surface area contributed by atoms with E-state index in [1.165, 1.54) is 4.90 Å². The topological polar surface area (TPSA) is 82.8 Å². The molecule has 0 aromatic heterocycles. The second-order valence-electron chi connectivity index (χ2n) is 9.37. The van der Waals surface area contributed by atoms with Gasteiger partial charge in [-0.05, 0) is 45.3 Å². The quantitative estimate of drug-likeness (QED) is 0.764. The van der Waals surface area contributed by atoms with Gasteiger partial charge in [-0.3, -0.25) is 4.90 Å². The maximum atomic E-state index is 12.6. The van der Waals surface area contributed by atoms with Gasteiger partial charge in [-0.15, -0.1) is 0 Å². The number of hydrogen-bond acceptors (Lipinski definition) is 5. The average Bonchev–Trinajstić information content (AvgIpc) is 2.79. The average molecular weight is 371 g/mol. The van der Waals surface area contributed by atoms with Gasteiger partial charge in [0.1, 0.15) is 5.60 Å². The van der Waals surface area contributed by atoms with Crippen LogP contribution < -0.4 is 0 Å². The van der Waals surface area contributed by atoms with Gasteiger partial charge in [0, 0.05) is 6.54 Å². The van der Waals surface area contributed by atoms with Crippen molar-refractivity contribution in [3.05, 3.63) is 0 Å². The summed E-state index contributed by atoms with van der Waals surface area (Å²) in [5.41, 5.74) is -0.611. The molecule has 7 heteroatoms. The maximum Gasteiger partial charge on any atom is 0.410 e. The Morgan fingerprint density at radius 3 is 2.32 bits per heavy atom. The number of carbonyl (C=O) groups is 1. The summed E-state index contributed by atoms with van der Waals surface area (Å²) in [6.45, 7) is 16.7. The van der Waals surface area contributed by atoms with Crippen LogP contribution in [0.4, 0.5) is 4.79 Å². The molecule has 1 rings (SSSR count). The summed E-state index contributed by atoms with van der Waals surface area (Å²) in [7, 11) is -1.99. The van der Waals surface area contributed by atoms with Crippen molar-refractivity contribution < 1.29 is 19.1 Å². The number of nitriles is 1. The van der Waals surface area contributed by atoms with Crippen LogP contribution in [0.25, 0.3) is 0 Å². The molecule has 1 aliphatic rings. The Morgan fingerprint density at radius 2 is 1.88 bits per heavy atom. The van der Waals surface area contributed by atoms with E-state index in [0.717, 1.165) is 0 Å². The van der Waals surface area contributed by atoms with Crippen LogP contribution in [0.3, 0.4) is 0 Å². The largest absolute Gasteiger partial charge is 0.444 e. The number of ether oxygens (including phenoxy) is 1. The van der Waals surface area contributed by atoms with E-state index in [2.05, 4.69) is 33.9 Å². The lowest BCUT2D eigenvalue weighted by Crippen LogP contribution is -2.46. The molecule has 1 aliphatic heterocycles. The number of aliphatic hydroxyl groups excluding tert-OH is 1. The van der Waals surface area contributed by atoms with Crippen LogP contribution in [0.1, 0.15) is 54.4 Å². The molecule has 25 heavy (non-hydrogen) atoms. The van der Waals surface area contributed by atoms with Gasteiger partial charge in [-0.2, -0.15) is 5.26 Å². The zero-order valence-electron chi connectivity index (χ0n) is 16.9. The van der Waals surface area contributed by atoms with Crippen molar-refractivity contribution in [3.63, 3.8) is 0 Å². The Hall–Kier alpha value is -1.10. The summed E-state index contributed by atoms with van der Waals surface area (Å²) >= 11 is 0. The third kappa shape index (κ3) is 5.98. The minimum Gasteiger partial charge on any atom is -0.444 e. The van der Waals surface area contributed by atoms with Crippen LogP contribution in [0.2, 0.25) is 18.1 Å². The summed E-state index contributed by atoms with van der Waals surface area (Å²) in [6.07, 6.45) is -1.00. The Morgan fingerprint density at radius 1 is 1.32 bits per heavy atom. The van der Waals surface area contributed by atoms with E-state index in [1.54, 1.807) is 0 Å². The van der Waals surface area contributed by atoms with Gasteiger partial charge >= 0.3 is 6.09 Å². The summed E-state index contributed by atoms with van der Waals surface area (Å²) < 4.78 is 11.9. The lowest BCUT2D eigenvalue weighted by molar-refractivity contribution is 0.00551. The Labute approximate surface area is 153 Å². The number of hydrogen-bond donors (Lipinski definition) is 1. The molecule has 1 N–H and O–H groups in total. The molecule has 0 unspecified atom stereocenters. The number of rotatable bonds is 4. The normalized spacial score (nSPS) is 23.3. The number of amides is 1. The molecule has 144 valence electrons. The summed E-state index contributed by atoms with van der Waals surface area (Å²) in [5, 5.41) is 19.3. The third-order valence-electron chi connectivity index (χ3n) is 4.95. The van der Waals surface area contributed by atoms with Gasteiger partial charge in [0.2, 0.25) is 0 Å². The fourth-order valence-corrected chi connectivity index (χ4v) is 3.99. The SMILES string of the molecule is CC(C)(C)OC(=O)N1C[C@H](O[Si](C)(C)C(C)(C)C)C[C@H]1[C@H](O)CC#N. The third-order valence-corrected chi connectivity index (χ3v) is 9.48. The number of nitrogens with zero attached hydrogens (tertiary/aromatic N) is 2. The molecule has 6 nitrogen and oxygen atoms in total. The molecule has 0 aromatic carbocycles. The monoisotopic (exact) mass is 370 g/mol. The van der Waals surface area contributed by atoms with Gasteiger partial charge in [-0.1, -0.05) is 20.8 Å². The number of carbonyl (C=O) groups excluding carboxylic acids is 1. The van der Waals surface area contributed by atoms with Crippen molar-refractivity contribution in [1.29, 1.82) is 5.26 Å². The predicted molar refractivity (Wildman–Crippen MR) is 99.7 cm³/mol. The van der Waals surface area contributed by atoms with Gasteiger partial charge < -0.3 is 14.3 Å². The fourth-order valence-electron chi connectivity index (χ4n) is 2.63. The van der Waals surface area contributed by atoms with Crippen molar-refractivity contribution >= 4 is 14.4 Å². The highest BCUT2D eigenvalue weighted by molar-refractivity contribution is 6.74. The highest BCUT2D eigenvalue weighted by atomic mass is 28.4. The first-order valence-electron chi connectivity index (χ1n) is 8.90. The van der Waals surface area contributed by atoms with Crippen LogP contribution in [-0.4, -0.2) is 54.8 Å². The van der Waals surface area contributed by atoms with E-state index in [0.29, 0.717) is 13.0 Å². The minimum atomic E-state index is -1.99. The Kier molecular flexibility index (Phi) is 6.71. The molecule has 0 aliphatic carbocycles. The van der Waals surface area contributed by atoms with Crippen LogP contribution in [0, 0.1) is 11.3 Å². The second-order valence-corrected chi connectivity index (χ2v) is 14.1. The summed E-state index contributed by atoms with van der Waals surface area (Å²) in [5.74, 6) is 0. The van der Waals surface area contributed by atoms with E-state index in [1.807, 2.05) is 26.8 Å². The maximum absolute atomic E-state index is 12.6. The zero-order chi connectivity index (χ0) is 19.6. The molecule has 1 heterocycles. The molecule has 0 bridgehead atoms. The van der Waals surface area contributed by atoms with Gasteiger partial charge in [0.15, 0.2) is 8.32 Å².